The zero-order chi connectivity index (χ0) is 19.4. The molecule has 5 N–H and O–H groups in total. The average Bonchev–Trinajstić information content (AvgIpc) is 2.63. The number of hydrogen-bond donors (Lipinski definition) is 3. The number of hydrogen-bond acceptors (Lipinski definition) is 5. The van der Waals surface area contributed by atoms with Gasteiger partial charge in [-0.2, -0.15) is 5.48 Å². The Labute approximate surface area is 156 Å². The molecule has 27 heavy (non-hydrogen) atoms. The number of nitrogens with zero attached hydrogens (tertiary/aromatic N) is 2. The maximum atomic E-state index is 9.10. The topological polar surface area (TPSA) is 145 Å². The zero-order valence-electron chi connectivity index (χ0n) is 15.0. The molecule has 0 saturated carbocycles. The number of carbonyl (C=O) groups is 2. The third kappa shape index (κ3) is 8.97. The first kappa shape index (κ1) is 23.5. The molecule has 0 radical (unpaired) electrons. The molecule has 1 heterocycles. The van der Waals surface area contributed by atoms with Crippen molar-refractivity contribution in [3.8, 4) is 11.8 Å². The highest BCUT2D eigenvalue weighted by atomic mass is 16.6. The van der Waals surface area contributed by atoms with Gasteiger partial charge in [0.25, 0.3) is 0 Å². The number of benzene rings is 1. The van der Waals surface area contributed by atoms with Crippen molar-refractivity contribution in [2.24, 2.45) is 0 Å². The number of hydroxylamine groups is 1. The van der Waals surface area contributed by atoms with Gasteiger partial charge in [-0.25, -0.2) is 9.59 Å². The summed E-state index contributed by atoms with van der Waals surface area (Å²) in [6, 6.07) is 14.6. The van der Waals surface area contributed by atoms with Gasteiger partial charge in [0.2, 0.25) is 0 Å². The third-order valence-corrected chi connectivity index (χ3v) is 2.94. The molecule has 0 unspecified atom stereocenters. The van der Waals surface area contributed by atoms with Crippen molar-refractivity contribution in [1.82, 2.24) is 10.5 Å². The lowest BCUT2D eigenvalue weighted by Crippen LogP contribution is -2.17. The normalized spacial score (nSPS) is 8.81. The summed E-state index contributed by atoms with van der Waals surface area (Å²) in [5.74, 6) is -2.93. The summed E-state index contributed by atoms with van der Waals surface area (Å²) >= 11 is 0. The summed E-state index contributed by atoms with van der Waals surface area (Å²) in [7, 11) is 0. The summed E-state index contributed by atoms with van der Waals surface area (Å²) in [4.78, 5) is 32.2. The third-order valence-electron chi connectivity index (χ3n) is 2.94. The second-order valence-corrected chi connectivity index (χ2v) is 4.90. The minimum absolute atomic E-state index is 0. The van der Waals surface area contributed by atoms with Crippen molar-refractivity contribution in [2.45, 2.75) is 20.4 Å². The summed E-state index contributed by atoms with van der Waals surface area (Å²) < 4.78 is 0. The van der Waals surface area contributed by atoms with Crippen LogP contribution in [0.4, 0.5) is 0 Å². The van der Waals surface area contributed by atoms with E-state index < -0.39 is 11.9 Å². The van der Waals surface area contributed by atoms with Crippen LogP contribution in [0.2, 0.25) is 0 Å². The fraction of sp³-hybridized carbons (Fsp3) is 0.222. The molecule has 0 bridgehead atoms. The van der Waals surface area contributed by atoms with Crippen LogP contribution in [0.3, 0.4) is 0 Å². The van der Waals surface area contributed by atoms with Crippen molar-refractivity contribution in [3.05, 3.63) is 64.3 Å². The Kier molecular flexibility index (Phi) is 11.2. The molecule has 0 amide bonds. The minimum Gasteiger partial charge on any atom is -0.473 e. The molecular formula is C18H22N3O6+. The Bertz CT molecular complexity index is 802. The smallest absolute Gasteiger partial charge is 0.414 e. The van der Waals surface area contributed by atoms with Crippen molar-refractivity contribution < 1.29 is 30.1 Å². The van der Waals surface area contributed by atoms with Gasteiger partial charge in [-0.1, -0.05) is 23.0 Å². The molecule has 1 aromatic heterocycles. The molecule has 144 valence electrons. The second-order valence-electron chi connectivity index (χ2n) is 4.90. The Hall–Kier alpha value is -3.48. The van der Waals surface area contributed by atoms with E-state index in [0.717, 1.165) is 29.1 Å². The number of aliphatic carboxylic acids is 2. The van der Waals surface area contributed by atoms with Crippen LogP contribution in [0.25, 0.3) is 4.85 Å². The number of aromatic nitrogens is 1. The van der Waals surface area contributed by atoms with E-state index in [2.05, 4.69) is 21.4 Å². The minimum atomic E-state index is -1.82. The first-order chi connectivity index (χ1) is 12.5. The lowest BCUT2D eigenvalue weighted by atomic mass is 10.2. The number of pyridine rings is 1. The van der Waals surface area contributed by atoms with Crippen LogP contribution >= 0.6 is 0 Å². The van der Waals surface area contributed by atoms with Crippen LogP contribution in [0, 0.1) is 13.0 Å². The number of carboxylic acids is 2. The number of para-hydroxylation sites is 1. The first-order valence-corrected chi connectivity index (χ1v) is 7.73. The Balaban J connectivity index is 0.000000842. The highest BCUT2D eigenvalue weighted by Crippen LogP contribution is 2.16. The van der Waals surface area contributed by atoms with Crippen LogP contribution in [0.5, 0.6) is 5.75 Å². The lowest BCUT2D eigenvalue weighted by molar-refractivity contribution is -0.159. The summed E-state index contributed by atoms with van der Waals surface area (Å²) in [5, 5.41) is 14.8. The van der Waals surface area contributed by atoms with Crippen molar-refractivity contribution in [2.75, 3.05) is 6.54 Å². The largest absolute Gasteiger partial charge is 0.473 e. The van der Waals surface area contributed by atoms with Gasteiger partial charge in [0.05, 0.1) is 0 Å². The van der Waals surface area contributed by atoms with E-state index in [4.69, 9.17) is 24.6 Å². The van der Waals surface area contributed by atoms with Crippen LogP contribution in [0.15, 0.2) is 42.6 Å². The fourth-order valence-electron chi connectivity index (χ4n) is 1.68. The van der Waals surface area contributed by atoms with Gasteiger partial charge >= 0.3 is 24.6 Å². The molecule has 0 aliphatic heterocycles. The van der Waals surface area contributed by atoms with Gasteiger partial charge in [0.15, 0.2) is 5.75 Å². The first-order valence-electron chi connectivity index (χ1n) is 7.73. The molecule has 0 atom stereocenters. The van der Waals surface area contributed by atoms with Crippen LogP contribution in [0.1, 0.15) is 23.7 Å². The molecule has 9 heteroatoms. The standard InChI is InChI=1S/C16H18N3O.C2H2O4.H2O/c1-3-19-20-16-9-5-4-8-14(16)11-17-12-15-13(2)7-6-10-18-15;3-1(4)2(5)6;/h4-10,19H,3,12H2,1-2H3;(H,3,4)(H,5,6);1H2/q+1;;. The van der Waals surface area contributed by atoms with E-state index in [9.17, 15) is 0 Å². The highest BCUT2D eigenvalue weighted by molar-refractivity contribution is 6.27. The molecule has 0 saturated heterocycles. The predicted octanol–water partition coefficient (Wildman–Crippen LogP) is 1.51. The molecule has 2 rings (SSSR count). The van der Waals surface area contributed by atoms with Crippen molar-refractivity contribution in [1.29, 1.82) is 0 Å². The molecule has 0 aliphatic carbocycles. The molecule has 0 fully saturated rings. The Morgan fingerprint density at radius 1 is 1.19 bits per heavy atom. The van der Waals surface area contributed by atoms with Crippen LogP contribution in [-0.2, 0) is 16.1 Å². The molecular weight excluding hydrogens is 354 g/mol. The molecule has 2 aromatic rings. The number of aryl methyl sites for hydroxylation is 1. The highest BCUT2D eigenvalue weighted by Gasteiger charge is 2.07. The number of nitrogens with one attached hydrogen (secondary N) is 1. The molecule has 0 spiro atoms. The monoisotopic (exact) mass is 376 g/mol. The van der Waals surface area contributed by atoms with Gasteiger partial charge in [0, 0.05) is 12.7 Å². The predicted molar refractivity (Wildman–Crippen MR) is 98.7 cm³/mol. The maximum absolute atomic E-state index is 9.10. The van der Waals surface area contributed by atoms with E-state index in [1.54, 1.807) is 6.20 Å². The summed E-state index contributed by atoms with van der Waals surface area (Å²) in [6.07, 6.45) is 1.78. The van der Waals surface area contributed by atoms with Crippen molar-refractivity contribution >= 4 is 11.9 Å². The van der Waals surface area contributed by atoms with E-state index in [1.807, 2.05) is 50.2 Å². The zero-order valence-corrected chi connectivity index (χ0v) is 15.0. The summed E-state index contributed by atoms with van der Waals surface area (Å²) in [5.41, 5.74) is 5.75. The van der Waals surface area contributed by atoms with Gasteiger partial charge in [-0.15, -0.1) is 0 Å². The van der Waals surface area contributed by atoms with Gasteiger partial charge in [0.1, 0.15) is 11.3 Å². The molecule has 9 nitrogen and oxygen atoms in total. The summed E-state index contributed by atoms with van der Waals surface area (Å²) in [6.45, 7) is 5.26. The lowest BCUT2D eigenvalue weighted by Gasteiger charge is -2.04. The number of rotatable bonds is 4. The second kappa shape index (κ2) is 12.8. The van der Waals surface area contributed by atoms with E-state index in [-0.39, 0.29) is 5.48 Å². The fourth-order valence-corrected chi connectivity index (χ4v) is 1.68. The number of carboxylic acid groups (broad SMARTS) is 2. The van der Waals surface area contributed by atoms with E-state index in [0.29, 0.717) is 6.54 Å². The van der Waals surface area contributed by atoms with Crippen LogP contribution < -0.4 is 10.3 Å². The molecule has 0 aliphatic rings. The van der Waals surface area contributed by atoms with Gasteiger partial charge in [-0.3, -0.25) is 4.98 Å². The Morgan fingerprint density at radius 3 is 2.44 bits per heavy atom. The van der Waals surface area contributed by atoms with E-state index in [1.165, 1.54) is 0 Å². The quantitative estimate of drug-likeness (QED) is 0.541. The maximum Gasteiger partial charge on any atom is 0.414 e. The van der Waals surface area contributed by atoms with E-state index >= 15 is 0 Å². The SMILES string of the molecule is CCNOc1ccccc1C#[N+]Cc1ncccc1C.O.O=C(O)C(=O)O. The van der Waals surface area contributed by atoms with Gasteiger partial charge in [-0.05, 0) is 37.6 Å². The van der Waals surface area contributed by atoms with Crippen molar-refractivity contribution in [3.63, 3.8) is 0 Å². The van der Waals surface area contributed by atoms with Gasteiger partial charge < -0.3 is 20.5 Å². The van der Waals surface area contributed by atoms with Crippen LogP contribution in [-0.4, -0.2) is 39.2 Å². The Morgan fingerprint density at radius 2 is 1.85 bits per heavy atom. The molecule has 1 aromatic carbocycles. The average molecular weight is 376 g/mol.